The topological polar surface area (TPSA) is 63.2 Å². The number of benzene rings is 2. The molecule has 0 saturated carbocycles. The van der Waals surface area contributed by atoms with Crippen molar-refractivity contribution >= 4 is 44.8 Å². The molecule has 8 heteroatoms. The number of rotatable bonds is 5. The summed E-state index contributed by atoms with van der Waals surface area (Å²) in [5, 5.41) is 2.97. The Balaban J connectivity index is 2.04. The van der Waals surface area contributed by atoms with Crippen LogP contribution < -0.4 is 5.32 Å². The summed E-state index contributed by atoms with van der Waals surface area (Å²) in [4.78, 5) is 12.7. The molecule has 0 bridgehead atoms. The molecular weight excluding hydrogens is 361 g/mol. The van der Waals surface area contributed by atoms with Crippen LogP contribution >= 0.6 is 23.4 Å². The Morgan fingerprint density at radius 1 is 1.22 bits per heavy atom. The number of sulfone groups is 1. The Kier molecular flexibility index (Phi) is 5.67. The van der Waals surface area contributed by atoms with Crippen LogP contribution in [0.25, 0.3) is 0 Å². The maximum atomic E-state index is 13.7. The zero-order chi connectivity index (χ0) is 17.0. The Bertz CT molecular complexity index is 823. The van der Waals surface area contributed by atoms with Crippen LogP contribution in [0.5, 0.6) is 0 Å². The van der Waals surface area contributed by atoms with E-state index in [1.807, 2.05) is 0 Å². The summed E-state index contributed by atoms with van der Waals surface area (Å²) in [6.45, 7) is 0. The maximum absolute atomic E-state index is 13.7. The third-order valence-electron chi connectivity index (χ3n) is 2.82. The van der Waals surface area contributed by atoms with E-state index in [2.05, 4.69) is 5.32 Å². The zero-order valence-corrected chi connectivity index (χ0v) is 14.4. The van der Waals surface area contributed by atoms with Gasteiger partial charge >= 0.3 is 0 Å². The van der Waals surface area contributed by atoms with Crippen molar-refractivity contribution in [3.8, 4) is 0 Å². The van der Waals surface area contributed by atoms with Gasteiger partial charge in [0, 0.05) is 16.2 Å². The predicted octanol–water partition coefficient (Wildman–Crippen LogP) is 3.61. The van der Waals surface area contributed by atoms with Gasteiger partial charge in [-0.05, 0) is 42.5 Å². The number of nitrogens with one attached hydrogen (secondary N) is 1. The maximum Gasteiger partial charge on any atom is 0.234 e. The summed E-state index contributed by atoms with van der Waals surface area (Å²) in [5.41, 5.74) is -0.158. The molecule has 0 heterocycles. The first-order valence-corrected chi connectivity index (χ1v) is 9.69. The molecule has 0 aliphatic rings. The van der Waals surface area contributed by atoms with E-state index in [0.29, 0.717) is 5.02 Å². The van der Waals surface area contributed by atoms with E-state index in [1.54, 1.807) is 24.3 Å². The van der Waals surface area contributed by atoms with Crippen molar-refractivity contribution < 1.29 is 17.6 Å². The average Bonchev–Trinajstić information content (AvgIpc) is 2.48. The van der Waals surface area contributed by atoms with E-state index in [9.17, 15) is 17.6 Å². The minimum atomic E-state index is -3.47. The summed E-state index contributed by atoms with van der Waals surface area (Å²) in [5.74, 6) is -1.07. The third-order valence-corrected chi connectivity index (χ3v) is 5.20. The van der Waals surface area contributed by atoms with Crippen LogP contribution in [0.3, 0.4) is 0 Å². The van der Waals surface area contributed by atoms with Crippen molar-refractivity contribution in [3.05, 3.63) is 53.3 Å². The van der Waals surface area contributed by atoms with Crippen molar-refractivity contribution in [1.82, 2.24) is 0 Å². The van der Waals surface area contributed by atoms with Gasteiger partial charge in [-0.15, -0.1) is 11.8 Å². The van der Waals surface area contributed by atoms with Crippen molar-refractivity contribution in [2.24, 2.45) is 0 Å². The van der Waals surface area contributed by atoms with Crippen molar-refractivity contribution in [3.63, 3.8) is 0 Å². The zero-order valence-electron chi connectivity index (χ0n) is 12.0. The lowest BCUT2D eigenvalue weighted by molar-refractivity contribution is -0.113. The van der Waals surface area contributed by atoms with Gasteiger partial charge in [-0.25, -0.2) is 12.8 Å². The molecule has 2 aromatic carbocycles. The third kappa shape index (κ3) is 5.23. The second-order valence-electron chi connectivity index (χ2n) is 4.70. The van der Waals surface area contributed by atoms with Gasteiger partial charge in [0.1, 0.15) is 5.82 Å². The number of halogens is 2. The van der Waals surface area contributed by atoms with Crippen molar-refractivity contribution in [2.45, 2.75) is 9.79 Å². The molecule has 23 heavy (non-hydrogen) atoms. The smallest absolute Gasteiger partial charge is 0.234 e. The number of carbonyl (C=O) groups excluding carboxylic acids is 1. The molecule has 1 amide bonds. The van der Waals surface area contributed by atoms with Gasteiger partial charge in [0.2, 0.25) is 5.91 Å². The van der Waals surface area contributed by atoms with Crippen LogP contribution in [0.15, 0.2) is 52.3 Å². The van der Waals surface area contributed by atoms with Crippen LogP contribution in [-0.2, 0) is 14.6 Å². The highest BCUT2D eigenvalue weighted by molar-refractivity contribution is 8.00. The molecule has 0 radical (unpaired) electrons. The Labute approximate surface area is 143 Å². The van der Waals surface area contributed by atoms with Gasteiger partial charge in [-0.3, -0.25) is 4.79 Å². The van der Waals surface area contributed by atoms with E-state index in [-0.39, 0.29) is 16.3 Å². The fraction of sp³-hybridized carbons (Fsp3) is 0.133. The Morgan fingerprint density at radius 2 is 1.87 bits per heavy atom. The summed E-state index contributed by atoms with van der Waals surface area (Å²) >= 11 is 7.03. The standard InChI is InChI=1S/C15H13ClFNO3S2/c1-23(20,21)12-6-7-13(17)14(8-12)18-15(19)9-22-11-4-2-10(16)3-5-11/h2-8H,9H2,1H3,(H,18,19). The molecule has 0 spiro atoms. The normalized spacial score (nSPS) is 11.3. The van der Waals surface area contributed by atoms with Gasteiger partial charge in [-0.1, -0.05) is 11.6 Å². The molecule has 1 N–H and O–H groups in total. The minimum absolute atomic E-state index is 0.0560. The summed E-state index contributed by atoms with van der Waals surface area (Å²) in [6, 6.07) is 10.2. The first kappa shape index (κ1) is 17.8. The molecule has 0 atom stereocenters. The molecule has 2 aromatic rings. The molecule has 0 unspecified atom stereocenters. The molecular formula is C15H13ClFNO3S2. The first-order chi connectivity index (χ1) is 10.8. The Morgan fingerprint density at radius 3 is 2.48 bits per heavy atom. The van der Waals surface area contributed by atoms with Gasteiger partial charge < -0.3 is 5.32 Å². The van der Waals surface area contributed by atoms with Gasteiger partial charge in [0.25, 0.3) is 0 Å². The molecule has 2 rings (SSSR count). The molecule has 0 aliphatic heterocycles. The van der Waals surface area contributed by atoms with Gasteiger partial charge in [0.15, 0.2) is 9.84 Å². The number of carbonyl (C=O) groups is 1. The van der Waals surface area contributed by atoms with E-state index in [4.69, 9.17) is 11.6 Å². The van der Waals surface area contributed by atoms with Gasteiger partial charge in [0.05, 0.1) is 16.3 Å². The Hall–Kier alpha value is -1.57. The second kappa shape index (κ2) is 7.33. The summed E-state index contributed by atoms with van der Waals surface area (Å²) in [7, 11) is -3.47. The monoisotopic (exact) mass is 373 g/mol. The molecule has 0 aliphatic carbocycles. The SMILES string of the molecule is CS(=O)(=O)c1ccc(F)c(NC(=O)CSc2ccc(Cl)cc2)c1. The second-order valence-corrected chi connectivity index (χ2v) is 8.21. The average molecular weight is 374 g/mol. The number of hydrogen-bond donors (Lipinski definition) is 1. The molecule has 0 saturated heterocycles. The van der Waals surface area contributed by atoms with Crippen LogP contribution in [0, 0.1) is 5.82 Å². The molecule has 122 valence electrons. The summed E-state index contributed by atoms with van der Waals surface area (Å²) < 4.78 is 36.6. The van der Waals surface area contributed by atoms with Crippen LogP contribution in [0.4, 0.5) is 10.1 Å². The van der Waals surface area contributed by atoms with Crippen molar-refractivity contribution in [1.29, 1.82) is 0 Å². The van der Waals surface area contributed by atoms with Crippen molar-refractivity contribution in [2.75, 3.05) is 17.3 Å². The van der Waals surface area contributed by atoms with E-state index < -0.39 is 21.6 Å². The lowest BCUT2D eigenvalue weighted by Crippen LogP contribution is -2.15. The first-order valence-electron chi connectivity index (χ1n) is 6.43. The van der Waals surface area contributed by atoms with E-state index in [0.717, 1.165) is 29.4 Å². The minimum Gasteiger partial charge on any atom is -0.323 e. The van der Waals surface area contributed by atoms with Crippen LogP contribution in [0.2, 0.25) is 5.02 Å². The fourth-order valence-corrected chi connectivity index (χ4v) is 3.17. The van der Waals surface area contributed by atoms with Crippen LogP contribution in [-0.4, -0.2) is 26.3 Å². The van der Waals surface area contributed by atoms with E-state index >= 15 is 0 Å². The predicted molar refractivity (Wildman–Crippen MR) is 90.3 cm³/mol. The number of anilines is 1. The highest BCUT2D eigenvalue weighted by Gasteiger charge is 2.13. The molecule has 4 nitrogen and oxygen atoms in total. The largest absolute Gasteiger partial charge is 0.323 e. The lowest BCUT2D eigenvalue weighted by atomic mass is 10.3. The van der Waals surface area contributed by atoms with Gasteiger partial charge in [-0.2, -0.15) is 0 Å². The quantitative estimate of drug-likeness (QED) is 0.642. The highest BCUT2D eigenvalue weighted by Crippen LogP contribution is 2.22. The number of hydrogen-bond acceptors (Lipinski definition) is 4. The highest BCUT2D eigenvalue weighted by atomic mass is 35.5. The van der Waals surface area contributed by atoms with Crippen LogP contribution in [0.1, 0.15) is 0 Å². The molecule has 0 aromatic heterocycles. The number of amides is 1. The fourth-order valence-electron chi connectivity index (χ4n) is 1.70. The lowest BCUT2D eigenvalue weighted by Gasteiger charge is -2.08. The summed E-state index contributed by atoms with van der Waals surface area (Å²) in [6.07, 6.45) is 1.02. The number of thioether (sulfide) groups is 1. The van der Waals surface area contributed by atoms with E-state index in [1.165, 1.54) is 11.8 Å². The molecule has 0 fully saturated rings.